The van der Waals surface area contributed by atoms with Crippen molar-refractivity contribution in [2.24, 2.45) is 0 Å². The summed E-state index contributed by atoms with van der Waals surface area (Å²) in [6, 6.07) is 1.57. The standard InChI is InChI=1S/C15H28N2O2/c1-5-19-14(18)15(16-11(2)3)9-8-13(10-15)17(4)12-6-7-12/h11-13,16H,5-10H2,1-4H3. The third-order valence-electron chi connectivity index (χ3n) is 4.42. The van der Waals surface area contributed by atoms with Gasteiger partial charge >= 0.3 is 5.97 Å². The van der Waals surface area contributed by atoms with E-state index in [0.29, 0.717) is 18.7 Å². The molecule has 2 aliphatic rings. The minimum absolute atomic E-state index is 0.0598. The van der Waals surface area contributed by atoms with Crippen molar-refractivity contribution in [1.82, 2.24) is 10.2 Å². The van der Waals surface area contributed by atoms with Gasteiger partial charge in [-0.25, -0.2) is 0 Å². The van der Waals surface area contributed by atoms with Crippen molar-refractivity contribution in [2.75, 3.05) is 13.7 Å². The number of esters is 1. The summed E-state index contributed by atoms with van der Waals surface area (Å²) in [6.45, 7) is 6.53. The molecule has 4 nitrogen and oxygen atoms in total. The van der Waals surface area contributed by atoms with Crippen LogP contribution in [0.3, 0.4) is 0 Å². The van der Waals surface area contributed by atoms with Crippen molar-refractivity contribution in [3.63, 3.8) is 0 Å². The lowest BCUT2D eigenvalue weighted by Crippen LogP contribution is -2.54. The number of nitrogens with one attached hydrogen (secondary N) is 1. The van der Waals surface area contributed by atoms with Gasteiger partial charge in [0.1, 0.15) is 5.54 Å². The van der Waals surface area contributed by atoms with E-state index in [4.69, 9.17) is 4.74 Å². The maximum atomic E-state index is 12.4. The van der Waals surface area contributed by atoms with Gasteiger partial charge in [0, 0.05) is 18.1 Å². The lowest BCUT2D eigenvalue weighted by molar-refractivity contribution is -0.151. The highest BCUT2D eigenvalue weighted by Gasteiger charge is 2.49. The molecule has 1 N–H and O–H groups in total. The zero-order valence-corrected chi connectivity index (χ0v) is 12.7. The van der Waals surface area contributed by atoms with E-state index < -0.39 is 5.54 Å². The van der Waals surface area contributed by atoms with Gasteiger partial charge < -0.3 is 9.64 Å². The Morgan fingerprint density at radius 3 is 2.58 bits per heavy atom. The van der Waals surface area contributed by atoms with Crippen LogP contribution in [0.1, 0.15) is 52.9 Å². The van der Waals surface area contributed by atoms with E-state index in [1.165, 1.54) is 12.8 Å². The van der Waals surface area contributed by atoms with E-state index in [9.17, 15) is 4.79 Å². The number of rotatable bonds is 6. The Labute approximate surface area is 116 Å². The summed E-state index contributed by atoms with van der Waals surface area (Å²) < 4.78 is 5.31. The molecule has 0 aromatic rings. The molecule has 2 atom stereocenters. The average Bonchev–Trinajstić information content (AvgIpc) is 3.10. The van der Waals surface area contributed by atoms with Gasteiger partial charge in [-0.1, -0.05) is 0 Å². The average molecular weight is 268 g/mol. The number of hydrogen-bond donors (Lipinski definition) is 1. The zero-order chi connectivity index (χ0) is 14.0. The Bertz CT molecular complexity index is 328. The Morgan fingerprint density at radius 2 is 2.05 bits per heavy atom. The summed E-state index contributed by atoms with van der Waals surface area (Å²) >= 11 is 0. The molecule has 110 valence electrons. The molecule has 0 bridgehead atoms. The highest BCUT2D eigenvalue weighted by Crippen LogP contribution is 2.38. The molecule has 0 aromatic carbocycles. The highest BCUT2D eigenvalue weighted by atomic mass is 16.5. The first-order valence-electron chi connectivity index (χ1n) is 7.65. The molecule has 0 aromatic heterocycles. The van der Waals surface area contributed by atoms with Gasteiger partial charge in [0.2, 0.25) is 0 Å². The summed E-state index contributed by atoms with van der Waals surface area (Å²) in [6.07, 6.45) is 5.50. The number of hydrogen-bond acceptors (Lipinski definition) is 4. The number of carbonyl (C=O) groups excluding carboxylic acids is 1. The Balaban J connectivity index is 2.04. The molecule has 0 aliphatic heterocycles. The van der Waals surface area contributed by atoms with Crippen molar-refractivity contribution in [3.05, 3.63) is 0 Å². The van der Waals surface area contributed by atoms with Crippen LogP contribution in [0.2, 0.25) is 0 Å². The van der Waals surface area contributed by atoms with Crippen LogP contribution in [0.4, 0.5) is 0 Å². The van der Waals surface area contributed by atoms with Gasteiger partial charge in [-0.2, -0.15) is 0 Å². The first-order valence-corrected chi connectivity index (χ1v) is 7.65. The van der Waals surface area contributed by atoms with Crippen LogP contribution >= 0.6 is 0 Å². The number of ether oxygens (including phenoxy) is 1. The molecule has 4 heteroatoms. The second kappa shape index (κ2) is 5.80. The molecule has 0 saturated heterocycles. The van der Waals surface area contributed by atoms with Crippen molar-refractivity contribution in [2.45, 2.75) is 76.5 Å². The summed E-state index contributed by atoms with van der Waals surface area (Å²) in [5.41, 5.74) is -0.460. The fourth-order valence-electron chi connectivity index (χ4n) is 3.34. The van der Waals surface area contributed by atoms with Gasteiger partial charge in [0.25, 0.3) is 0 Å². The van der Waals surface area contributed by atoms with Crippen molar-refractivity contribution < 1.29 is 9.53 Å². The first-order chi connectivity index (χ1) is 8.98. The monoisotopic (exact) mass is 268 g/mol. The molecule has 0 amide bonds. The lowest BCUT2D eigenvalue weighted by atomic mass is 9.96. The van der Waals surface area contributed by atoms with Gasteiger partial charge in [-0.3, -0.25) is 10.1 Å². The maximum absolute atomic E-state index is 12.4. The number of nitrogens with zero attached hydrogens (tertiary/aromatic N) is 1. The van der Waals surface area contributed by atoms with Crippen molar-refractivity contribution in [3.8, 4) is 0 Å². The maximum Gasteiger partial charge on any atom is 0.326 e. The molecular formula is C15H28N2O2. The topological polar surface area (TPSA) is 41.6 Å². The minimum Gasteiger partial charge on any atom is -0.465 e. The van der Waals surface area contributed by atoms with E-state index >= 15 is 0 Å². The molecule has 2 fully saturated rings. The van der Waals surface area contributed by atoms with Crippen molar-refractivity contribution >= 4 is 5.97 Å². The van der Waals surface area contributed by atoms with Crippen LogP contribution in [-0.2, 0) is 9.53 Å². The Kier molecular flexibility index (Phi) is 4.51. The predicted octanol–water partition coefficient (Wildman–Crippen LogP) is 1.93. The fourth-order valence-corrected chi connectivity index (χ4v) is 3.34. The Morgan fingerprint density at radius 1 is 1.37 bits per heavy atom. The molecular weight excluding hydrogens is 240 g/mol. The smallest absolute Gasteiger partial charge is 0.326 e. The third kappa shape index (κ3) is 3.29. The molecule has 2 aliphatic carbocycles. The van der Waals surface area contributed by atoms with Crippen LogP contribution in [0.15, 0.2) is 0 Å². The summed E-state index contributed by atoms with van der Waals surface area (Å²) in [5, 5.41) is 3.48. The van der Waals surface area contributed by atoms with Gasteiger partial charge in [-0.15, -0.1) is 0 Å². The van der Waals surface area contributed by atoms with Gasteiger partial charge in [-0.05, 0) is 59.9 Å². The first kappa shape index (κ1) is 14.8. The van der Waals surface area contributed by atoms with E-state index in [1.807, 2.05) is 6.92 Å². The van der Waals surface area contributed by atoms with E-state index in [1.54, 1.807) is 0 Å². The fraction of sp³-hybridized carbons (Fsp3) is 0.933. The quantitative estimate of drug-likeness (QED) is 0.748. The highest BCUT2D eigenvalue weighted by molar-refractivity contribution is 5.81. The number of carbonyl (C=O) groups is 1. The van der Waals surface area contributed by atoms with E-state index in [-0.39, 0.29) is 5.97 Å². The summed E-state index contributed by atoms with van der Waals surface area (Å²) in [5.74, 6) is -0.0598. The van der Waals surface area contributed by atoms with Crippen LogP contribution in [0, 0.1) is 0 Å². The normalized spacial score (nSPS) is 31.2. The minimum atomic E-state index is -0.460. The summed E-state index contributed by atoms with van der Waals surface area (Å²) in [4.78, 5) is 14.8. The van der Waals surface area contributed by atoms with Crippen LogP contribution in [0.25, 0.3) is 0 Å². The van der Waals surface area contributed by atoms with Gasteiger partial charge in [0.05, 0.1) is 6.61 Å². The molecule has 0 spiro atoms. The van der Waals surface area contributed by atoms with Gasteiger partial charge in [0.15, 0.2) is 0 Å². The lowest BCUT2D eigenvalue weighted by Gasteiger charge is -2.32. The second-order valence-corrected chi connectivity index (χ2v) is 6.39. The molecule has 2 rings (SSSR count). The third-order valence-corrected chi connectivity index (χ3v) is 4.42. The predicted molar refractivity (Wildman–Crippen MR) is 76.1 cm³/mol. The van der Waals surface area contributed by atoms with Crippen LogP contribution in [0.5, 0.6) is 0 Å². The van der Waals surface area contributed by atoms with E-state index in [2.05, 4.69) is 31.1 Å². The molecule has 19 heavy (non-hydrogen) atoms. The van der Waals surface area contributed by atoms with Crippen molar-refractivity contribution in [1.29, 1.82) is 0 Å². The molecule has 0 heterocycles. The molecule has 2 saturated carbocycles. The zero-order valence-electron chi connectivity index (χ0n) is 12.7. The van der Waals surface area contributed by atoms with E-state index in [0.717, 1.165) is 25.3 Å². The SMILES string of the molecule is CCOC(=O)C1(NC(C)C)CCC(N(C)C2CC2)C1. The largest absolute Gasteiger partial charge is 0.465 e. The Hall–Kier alpha value is -0.610. The second-order valence-electron chi connectivity index (χ2n) is 6.39. The molecule has 2 unspecified atom stereocenters. The molecule has 0 radical (unpaired) electrons. The van der Waals surface area contributed by atoms with Crippen LogP contribution < -0.4 is 5.32 Å². The van der Waals surface area contributed by atoms with Crippen LogP contribution in [-0.4, -0.2) is 48.2 Å². The summed E-state index contributed by atoms with van der Waals surface area (Å²) in [7, 11) is 2.21.